The van der Waals surface area contributed by atoms with Gasteiger partial charge in [-0.05, 0) is 62.7 Å². The van der Waals surface area contributed by atoms with Crippen LogP contribution in [0.2, 0.25) is 5.02 Å². The molecular formula is C22H22ClN5O4S. The number of anilines is 1. The lowest BCUT2D eigenvalue weighted by Gasteiger charge is -2.23. The number of hydrogen-bond donors (Lipinski definition) is 2. The average molecular weight is 488 g/mol. The van der Waals surface area contributed by atoms with Crippen molar-refractivity contribution in [2.45, 2.75) is 36.2 Å². The van der Waals surface area contributed by atoms with Gasteiger partial charge in [0.25, 0.3) is 5.91 Å². The number of pyridine rings is 1. The largest absolute Gasteiger partial charge is 0.330 e. The molecule has 4 heterocycles. The molecule has 0 saturated carbocycles. The van der Waals surface area contributed by atoms with Crippen LogP contribution in [-0.2, 0) is 14.8 Å². The lowest BCUT2D eigenvalue weighted by Crippen LogP contribution is -2.39. The van der Waals surface area contributed by atoms with Crippen LogP contribution >= 0.6 is 11.6 Å². The third kappa shape index (κ3) is 3.88. The summed E-state index contributed by atoms with van der Waals surface area (Å²) >= 11 is 6.03. The second-order valence-electron chi connectivity index (χ2n) is 8.31. The minimum Gasteiger partial charge on any atom is -0.330 e. The Morgan fingerprint density at radius 1 is 1.09 bits per heavy atom. The van der Waals surface area contributed by atoms with E-state index in [0.717, 1.165) is 12.8 Å². The first-order chi connectivity index (χ1) is 15.8. The van der Waals surface area contributed by atoms with Gasteiger partial charge in [-0.1, -0.05) is 11.6 Å². The van der Waals surface area contributed by atoms with Crippen LogP contribution in [0.3, 0.4) is 0 Å². The Balaban J connectivity index is 1.31. The summed E-state index contributed by atoms with van der Waals surface area (Å²) < 4.78 is 27.7. The Kier molecular flexibility index (Phi) is 5.38. The second kappa shape index (κ2) is 8.12. The molecule has 2 aromatic heterocycles. The van der Waals surface area contributed by atoms with Crippen LogP contribution in [0.25, 0.3) is 5.65 Å². The maximum atomic E-state index is 13.3. The first kappa shape index (κ1) is 21.9. The molecule has 9 nitrogen and oxygen atoms in total. The number of rotatable bonds is 5. The molecule has 2 bridgehead atoms. The Morgan fingerprint density at radius 2 is 1.85 bits per heavy atom. The van der Waals surface area contributed by atoms with Crippen LogP contribution in [0.5, 0.6) is 0 Å². The monoisotopic (exact) mass is 487 g/mol. The zero-order valence-electron chi connectivity index (χ0n) is 17.7. The Labute approximate surface area is 195 Å². The van der Waals surface area contributed by atoms with Gasteiger partial charge in [0.1, 0.15) is 11.3 Å². The molecule has 3 unspecified atom stereocenters. The summed E-state index contributed by atoms with van der Waals surface area (Å²) in [6.07, 6.45) is 5.57. The van der Waals surface area contributed by atoms with E-state index in [2.05, 4.69) is 15.0 Å². The Bertz CT molecular complexity index is 1350. The first-order valence-electron chi connectivity index (χ1n) is 10.6. The van der Waals surface area contributed by atoms with Gasteiger partial charge in [-0.15, -0.1) is 0 Å². The van der Waals surface area contributed by atoms with Gasteiger partial charge in [0.2, 0.25) is 15.9 Å². The third-order valence-corrected chi connectivity index (χ3v) is 8.10. The molecule has 11 heteroatoms. The Hall–Kier alpha value is -2.95. The number of hydrogen-bond acceptors (Lipinski definition) is 5. The SMILES string of the molecule is CNS(=O)(=O)c1ccc(NC(=O)C2CC3CCC2N3C(=O)c2cn3cc(Cl)ccc3n2)cc1. The van der Waals surface area contributed by atoms with Crippen LogP contribution in [0.15, 0.2) is 53.7 Å². The normalized spacial score (nSPS) is 22.1. The van der Waals surface area contributed by atoms with Crippen molar-refractivity contribution in [2.75, 3.05) is 12.4 Å². The van der Waals surface area contributed by atoms with Crippen LogP contribution in [0.4, 0.5) is 5.69 Å². The van der Waals surface area contributed by atoms with Crippen molar-refractivity contribution in [2.24, 2.45) is 5.92 Å². The van der Waals surface area contributed by atoms with E-state index in [1.165, 1.54) is 19.2 Å². The molecule has 2 aliphatic heterocycles. The minimum atomic E-state index is -3.54. The summed E-state index contributed by atoms with van der Waals surface area (Å²) in [6, 6.07) is 9.26. The first-order valence-corrected chi connectivity index (χ1v) is 12.4. The highest BCUT2D eigenvalue weighted by atomic mass is 35.5. The van der Waals surface area contributed by atoms with Gasteiger partial charge in [-0.3, -0.25) is 9.59 Å². The minimum absolute atomic E-state index is 0.00482. The van der Waals surface area contributed by atoms with E-state index in [9.17, 15) is 18.0 Å². The Morgan fingerprint density at radius 3 is 2.58 bits per heavy atom. The molecule has 2 aliphatic rings. The fraction of sp³-hybridized carbons (Fsp3) is 0.318. The van der Waals surface area contributed by atoms with Crippen molar-refractivity contribution < 1.29 is 18.0 Å². The lowest BCUT2D eigenvalue weighted by molar-refractivity contribution is -0.120. The molecule has 2 fully saturated rings. The fourth-order valence-corrected chi connectivity index (χ4v) is 5.76. The van der Waals surface area contributed by atoms with Gasteiger partial charge in [0.05, 0.1) is 15.8 Å². The lowest BCUT2D eigenvalue weighted by atomic mass is 9.88. The van der Waals surface area contributed by atoms with Gasteiger partial charge in [-0.25, -0.2) is 18.1 Å². The number of sulfonamides is 1. The highest BCUT2D eigenvalue weighted by Gasteiger charge is 2.51. The number of nitrogens with one attached hydrogen (secondary N) is 2. The number of imidazole rings is 1. The summed E-state index contributed by atoms with van der Waals surface area (Å²) in [4.78, 5) is 32.6. The van der Waals surface area contributed by atoms with Crippen molar-refractivity contribution in [3.05, 3.63) is 59.5 Å². The number of carbonyl (C=O) groups is 2. The predicted molar refractivity (Wildman–Crippen MR) is 123 cm³/mol. The van der Waals surface area contributed by atoms with Crippen LogP contribution in [0, 0.1) is 5.92 Å². The molecule has 2 amide bonds. The summed E-state index contributed by atoms with van der Waals surface area (Å²) in [5, 5.41) is 3.42. The predicted octanol–water partition coefficient (Wildman–Crippen LogP) is 2.53. The van der Waals surface area contributed by atoms with Gasteiger partial charge in [0.15, 0.2) is 0 Å². The van der Waals surface area contributed by atoms with E-state index in [-0.39, 0.29) is 34.7 Å². The maximum absolute atomic E-state index is 13.3. The molecule has 0 aliphatic carbocycles. The van der Waals surface area contributed by atoms with Gasteiger partial charge in [-0.2, -0.15) is 0 Å². The average Bonchev–Trinajstić information content (AvgIpc) is 3.51. The highest BCUT2D eigenvalue weighted by Crippen LogP contribution is 2.43. The molecule has 1 aromatic carbocycles. The van der Waals surface area contributed by atoms with Crippen LogP contribution in [0.1, 0.15) is 29.8 Å². The number of fused-ring (bicyclic) bond motifs is 3. The van der Waals surface area contributed by atoms with Crippen molar-refractivity contribution in [3.63, 3.8) is 0 Å². The van der Waals surface area contributed by atoms with Gasteiger partial charge >= 0.3 is 0 Å². The molecular weight excluding hydrogens is 466 g/mol. The van der Waals surface area contributed by atoms with E-state index in [0.29, 0.717) is 28.5 Å². The maximum Gasteiger partial charge on any atom is 0.274 e. The zero-order valence-corrected chi connectivity index (χ0v) is 19.3. The molecule has 3 aromatic rings. The number of amides is 2. The highest BCUT2D eigenvalue weighted by molar-refractivity contribution is 7.89. The number of nitrogens with zero attached hydrogens (tertiary/aromatic N) is 3. The summed E-state index contributed by atoms with van der Waals surface area (Å²) in [5.41, 5.74) is 1.47. The summed E-state index contributed by atoms with van der Waals surface area (Å²) in [7, 11) is -2.20. The van der Waals surface area contributed by atoms with Crippen molar-refractivity contribution in [1.29, 1.82) is 0 Å². The van der Waals surface area contributed by atoms with Crippen molar-refractivity contribution in [1.82, 2.24) is 19.0 Å². The zero-order chi connectivity index (χ0) is 23.3. The number of carbonyl (C=O) groups excluding carboxylic acids is 2. The summed E-state index contributed by atoms with van der Waals surface area (Å²) in [6.45, 7) is 0. The van der Waals surface area contributed by atoms with E-state index in [1.54, 1.807) is 46.0 Å². The van der Waals surface area contributed by atoms with Crippen molar-refractivity contribution in [3.8, 4) is 0 Å². The van der Waals surface area contributed by atoms with Crippen LogP contribution in [-0.4, -0.2) is 53.6 Å². The number of halogens is 1. The number of aromatic nitrogens is 2. The van der Waals surface area contributed by atoms with Crippen LogP contribution < -0.4 is 10.0 Å². The van der Waals surface area contributed by atoms with E-state index >= 15 is 0 Å². The second-order valence-corrected chi connectivity index (χ2v) is 10.6. The fourth-order valence-electron chi connectivity index (χ4n) is 4.86. The quantitative estimate of drug-likeness (QED) is 0.574. The van der Waals surface area contributed by atoms with E-state index in [4.69, 9.17) is 11.6 Å². The van der Waals surface area contributed by atoms with E-state index < -0.39 is 10.0 Å². The number of benzene rings is 1. The van der Waals surface area contributed by atoms with E-state index in [1.807, 2.05) is 0 Å². The molecule has 0 spiro atoms. The molecule has 3 atom stereocenters. The smallest absolute Gasteiger partial charge is 0.274 e. The molecule has 33 heavy (non-hydrogen) atoms. The molecule has 2 N–H and O–H groups in total. The van der Waals surface area contributed by atoms with Gasteiger partial charge in [0, 0.05) is 30.2 Å². The molecule has 5 rings (SSSR count). The van der Waals surface area contributed by atoms with Crippen molar-refractivity contribution >= 4 is 44.8 Å². The molecule has 2 saturated heterocycles. The topological polar surface area (TPSA) is 113 Å². The van der Waals surface area contributed by atoms with Gasteiger partial charge < -0.3 is 14.6 Å². The molecule has 0 radical (unpaired) electrons. The molecule has 172 valence electrons. The summed E-state index contributed by atoms with van der Waals surface area (Å²) in [5.74, 6) is -0.690. The third-order valence-electron chi connectivity index (χ3n) is 6.44. The standard InChI is InChI=1S/C22H22ClN5O4S/c1-24-33(31,32)16-6-3-14(4-7-16)25-21(29)17-10-15-5-8-19(17)28(15)22(30)18-12-27-11-13(23)2-9-20(27)26-18/h2-4,6-7,9,11-12,15,17,19,24H,5,8,10H2,1H3,(H,25,29).